The molecule has 152 valence electrons. The van der Waals surface area contributed by atoms with Crippen molar-refractivity contribution in [3.8, 4) is 17.2 Å². The highest BCUT2D eigenvalue weighted by atomic mass is 32.2. The summed E-state index contributed by atoms with van der Waals surface area (Å²) in [6, 6.07) is 11.5. The maximum atomic E-state index is 12.9. The molecule has 1 aliphatic rings. The maximum Gasteiger partial charge on any atom is 0.387 e. The predicted molar refractivity (Wildman–Crippen MR) is 113 cm³/mol. The van der Waals surface area contributed by atoms with Gasteiger partial charge < -0.3 is 14.2 Å². The molecule has 0 N–H and O–H groups in total. The third-order valence-electron chi connectivity index (χ3n) is 3.91. The fourth-order valence-corrected chi connectivity index (χ4v) is 3.95. The van der Waals surface area contributed by atoms with Gasteiger partial charge in [-0.25, -0.2) is 0 Å². The average molecular weight is 437 g/mol. The van der Waals surface area contributed by atoms with Crippen LogP contribution in [0, 0.1) is 0 Å². The number of ether oxygens (including phenoxy) is 3. The molecule has 0 aliphatic carbocycles. The van der Waals surface area contributed by atoms with E-state index in [1.165, 1.54) is 11.0 Å². The van der Waals surface area contributed by atoms with Crippen molar-refractivity contribution in [2.45, 2.75) is 13.5 Å². The first-order valence-corrected chi connectivity index (χ1v) is 9.79. The first-order valence-electron chi connectivity index (χ1n) is 8.56. The topological polar surface area (TPSA) is 48.0 Å². The van der Waals surface area contributed by atoms with Gasteiger partial charge in [0.05, 0.1) is 24.3 Å². The van der Waals surface area contributed by atoms with Gasteiger partial charge in [0.1, 0.15) is 5.75 Å². The van der Waals surface area contributed by atoms with E-state index in [1.807, 2.05) is 0 Å². The molecule has 0 saturated carbocycles. The minimum Gasteiger partial charge on any atom is -0.497 e. The van der Waals surface area contributed by atoms with Crippen LogP contribution in [0.3, 0.4) is 0 Å². The van der Waals surface area contributed by atoms with Crippen LogP contribution in [0.1, 0.15) is 12.5 Å². The molecular weight excluding hydrogens is 420 g/mol. The molecule has 0 aromatic heterocycles. The number of thioether (sulfide) groups is 1. The van der Waals surface area contributed by atoms with E-state index in [4.69, 9.17) is 21.7 Å². The monoisotopic (exact) mass is 437 g/mol. The molecule has 1 fully saturated rings. The second kappa shape index (κ2) is 9.23. The summed E-state index contributed by atoms with van der Waals surface area (Å²) in [4.78, 5) is 14.7. The number of thiocarbonyl (C=S) groups is 1. The number of halogens is 2. The molecule has 0 unspecified atom stereocenters. The molecule has 2 aromatic carbocycles. The van der Waals surface area contributed by atoms with Gasteiger partial charge in [-0.3, -0.25) is 9.69 Å². The summed E-state index contributed by atoms with van der Waals surface area (Å²) in [6.45, 7) is -0.942. The van der Waals surface area contributed by atoms with Crippen LogP contribution >= 0.6 is 24.0 Å². The number of hydrogen-bond acceptors (Lipinski definition) is 6. The van der Waals surface area contributed by atoms with Crippen LogP contribution in [0.4, 0.5) is 14.5 Å². The third-order valence-corrected chi connectivity index (χ3v) is 5.21. The lowest BCUT2D eigenvalue weighted by Gasteiger charge is -2.14. The molecule has 0 spiro atoms. The van der Waals surface area contributed by atoms with Crippen molar-refractivity contribution < 1.29 is 27.8 Å². The normalized spacial score (nSPS) is 15.3. The van der Waals surface area contributed by atoms with E-state index >= 15 is 0 Å². The number of rotatable bonds is 7. The van der Waals surface area contributed by atoms with E-state index in [9.17, 15) is 13.6 Å². The van der Waals surface area contributed by atoms with Crippen LogP contribution in [0.15, 0.2) is 47.4 Å². The lowest BCUT2D eigenvalue weighted by Crippen LogP contribution is -2.27. The van der Waals surface area contributed by atoms with Crippen LogP contribution in [0.5, 0.6) is 17.2 Å². The van der Waals surface area contributed by atoms with Crippen LogP contribution < -0.4 is 19.1 Å². The Morgan fingerprint density at radius 2 is 1.90 bits per heavy atom. The van der Waals surface area contributed by atoms with Crippen molar-refractivity contribution in [3.05, 3.63) is 52.9 Å². The van der Waals surface area contributed by atoms with Crippen molar-refractivity contribution in [1.29, 1.82) is 0 Å². The maximum absolute atomic E-state index is 12.9. The van der Waals surface area contributed by atoms with E-state index < -0.39 is 6.61 Å². The Hall–Kier alpha value is -2.65. The standard InChI is InChI=1S/C20H17F2NO4S2/c1-3-26-16-10-12(4-9-15(16)27-19(21)22)11-17-18(24)23(20(28)29-17)13-5-7-14(25-2)8-6-13/h4-11,19H,3H2,1-2H3/b17-11+. The van der Waals surface area contributed by atoms with E-state index in [2.05, 4.69) is 4.74 Å². The number of anilines is 1. The van der Waals surface area contributed by atoms with Crippen molar-refractivity contribution in [1.82, 2.24) is 0 Å². The molecule has 0 radical (unpaired) electrons. The number of amides is 1. The minimum atomic E-state index is -2.96. The molecule has 3 rings (SSSR count). The third kappa shape index (κ3) is 4.86. The van der Waals surface area contributed by atoms with Gasteiger partial charge in [-0.2, -0.15) is 8.78 Å². The number of methoxy groups -OCH3 is 1. The van der Waals surface area contributed by atoms with Crippen molar-refractivity contribution in [2.75, 3.05) is 18.6 Å². The Kier molecular flexibility index (Phi) is 6.71. The molecule has 1 heterocycles. The van der Waals surface area contributed by atoms with Crippen LogP contribution in [0.25, 0.3) is 6.08 Å². The summed E-state index contributed by atoms with van der Waals surface area (Å²) < 4.78 is 40.5. The number of nitrogens with zero attached hydrogens (tertiary/aromatic N) is 1. The number of alkyl halides is 2. The second-order valence-corrected chi connectivity index (χ2v) is 7.41. The highest BCUT2D eigenvalue weighted by Crippen LogP contribution is 2.37. The Labute approximate surface area is 176 Å². The SMILES string of the molecule is CCOc1cc(/C=C2/SC(=S)N(c3ccc(OC)cc3)C2=O)ccc1OC(F)F. The summed E-state index contributed by atoms with van der Waals surface area (Å²) in [7, 11) is 1.56. The van der Waals surface area contributed by atoms with E-state index in [1.54, 1.807) is 56.5 Å². The molecule has 2 aromatic rings. The summed E-state index contributed by atoms with van der Waals surface area (Å²) in [6.07, 6.45) is 1.64. The minimum absolute atomic E-state index is 0.0650. The molecule has 9 heteroatoms. The zero-order valence-corrected chi connectivity index (χ0v) is 17.2. The van der Waals surface area contributed by atoms with Gasteiger partial charge in [-0.15, -0.1) is 0 Å². The van der Waals surface area contributed by atoms with Crippen LogP contribution in [-0.4, -0.2) is 30.6 Å². The van der Waals surface area contributed by atoms with Crippen molar-refractivity contribution in [2.24, 2.45) is 0 Å². The second-order valence-electron chi connectivity index (χ2n) is 5.73. The first-order chi connectivity index (χ1) is 13.9. The van der Waals surface area contributed by atoms with Crippen LogP contribution in [-0.2, 0) is 4.79 Å². The number of hydrogen-bond donors (Lipinski definition) is 0. The fourth-order valence-electron chi connectivity index (χ4n) is 2.65. The van der Waals surface area contributed by atoms with Gasteiger partial charge in [0, 0.05) is 0 Å². The van der Waals surface area contributed by atoms with E-state index in [0.717, 1.165) is 11.8 Å². The molecule has 0 bridgehead atoms. The summed E-state index contributed by atoms with van der Waals surface area (Å²) in [5.74, 6) is 0.511. The first kappa shape index (κ1) is 21.1. The van der Waals surface area contributed by atoms with Gasteiger partial charge in [0.25, 0.3) is 5.91 Å². The summed E-state index contributed by atoms with van der Waals surface area (Å²) in [5.41, 5.74) is 1.23. The zero-order valence-electron chi connectivity index (χ0n) is 15.6. The van der Waals surface area contributed by atoms with E-state index in [-0.39, 0.29) is 24.0 Å². The predicted octanol–water partition coefficient (Wildman–Crippen LogP) is 5.10. The molecule has 5 nitrogen and oxygen atoms in total. The molecule has 1 aliphatic heterocycles. The number of benzene rings is 2. The largest absolute Gasteiger partial charge is 0.497 e. The molecular formula is C20H17F2NO4S2. The Balaban J connectivity index is 1.87. The van der Waals surface area contributed by atoms with Gasteiger partial charge in [0.2, 0.25) is 0 Å². The highest BCUT2D eigenvalue weighted by molar-refractivity contribution is 8.27. The van der Waals surface area contributed by atoms with Crippen molar-refractivity contribution >= 4 is 46.0 Å². The molecule has 1 saturated heterocycles. The summed E-state index contributed by atoms with van der Waals surface area (Å²) in [5, 5.41) is 0. The quantitative estimate of drug-likeness (QED) is 0.444. The Morgan fingerprint density at radius 3 is 2.52 bits per heavy atom. The summed E-state index contributed by atoms with van der Waals surface area (Å²) >= 11 is 6.52. The number of carbonyl (C=O) groups is 1. The average Bonchev–Trinajstić information content (AvgIpc) is 2.97. The van der Waals surface area contributed by atoms with E-state index in [0.29, 0.717) is 26.2 Å². The number of carbonyl (C=O) groups excluding carboxylic acids is 1. The molecule has 29 heavy (non-hydrogen) atoms. The fraction of sp³-hybridized carbons (Fsp3) is 0.200. The molecule has 0 atom stereocenters. The van der Waals surface area contributed by atoms with Gasteiger partial charge in [-0.1, -0.05) is 30.0 Å². The smallest absolute Gasteiger partial charge is 0.387 e. The zero-order chi connectivity index (χ0) is 21.0. The Morgan fingerprint density at radius 1 is 1.17 bits per heavy atom. The lowest BCUT2D eigenvalue weighted by molar-refractivity contribution is -0.113. The van der Waals surface area contributed by atoms with Gasteiger partial charge in [-0.05, 0) is 55.0 Å². The van der Waals surface area contributed by atoms with Gasteiger partial charge >= 0.3 is 6.61 Å². The highest BCUT2D eigenvalue weighted by Gasteiger charge is 2.33. The van der Waals surface area contributed by atoms with Crippen LogP contribution in [0.2, 0.25) is 0 Å². The lowest BCUT2D eigenvalue weighted by atomic mass is 10.1. The molecule has 1 amide bonds. The van der Waals surface area contributed by atoms with Crippen molar-refractivity contribution in [3.63, 3.8) is 0 Å². The Bertz CT molecular complexity index is 948. The van der Waals surface area contributed by atoms with Gasteiger partial charge in [0.15, 0.2) is 15.8 Å².